The molecule has 0 radical (unpaired) electrons. The van der Waals surface area contributed by atoms with Crippen LogP contribution in [0.4, 0.5) is 5.82 Å². The fourth-order valence-electron chi connectivity index (χ4n) is 2.82. The van der Waals surface area contributed by atoms with Gasteiger partial charge < -0.3 is 10.6 Å². The maximum Gasteiger partial charge on any atom is 0.154 e. The van der Waals surface area contributed by atoms with Gasteiger partial charge in [-0.2, -0.15) is 5.10 Å². The molecule has 1 saturated heterocycles. The summed E-state index contributed by atoms with van der Waals surface area (Å²) in [6.45, 7) is 1.85. The van der Waals surface area contributed by atoms with Crippen molar-refractivity contribution in [3.05, 3.63) is 24.7 Å². The highest BCUT2D eigenvalue weighted by molar-refractivity contribution is 5.69. The monoisotopic (exact) mass is 229 g/mol. The van der Waals surface area contributed by atoms with Crippen molar-refractivity contribution in [2.45, 2.75) is 18.4 Å². The van der Waals surface area contributed by atoms with Crippen LogP contribution in [-0.4, -0.2) is 33.2 Å². The summed E-state index contributed by atoms with van der Waals surface area (Å²) in [6.07, 6.45) is 8.07. The van der Waals surface area contributed by atoms with Crippen molar-refractivity contribution < 1.29 is 0 Å². The molecule has 2 N–H and O–H groups in total. The normalized spacial score (nSPS) is 22.8. The minimum absolute atomic E-state index is 0.0362. The fourth-order valence-corrected chi connectivity index (χ4v) is 2.82. The summed E-state index contributed by atoms with van der Waals surface area (Å²) >= 11 is 0. The summed E-state index contributed by atoms with van der Waals surface area (Å²) in [4.78, 5) is 6.72. The number of hydrogen-bond acceptors (Lipinski definition) is 4. The number of hydrogen-bond donors (Lipinski definition) is 1. The summed E-state index contributed by atoms with van der Waals surface area (Å²) in [6, 6.07) is 2.00. The van der Waals surface area contributed by atoms with Crippen LogP contribution in [0.3, 0.4) is 0 Å². The van der Waals surface area contributed by atoms with Crippen LogP contribution in [0.15, 0.2) is 24.7 Å². The van der Waals surface area contributed by atoms with Crippen molar-refractivity contribution in [3.63, 3.8) is 0 Å². The Morgan fingerprint density at radius 3 is 2.88 bits per heavy atom. The van der Waals surface area contributed by atoms with Gasteiger partial charge in [0.2, 0.25) is 0 Å². The molecule has 4 rings (SSSR count). The Morgan fingerprint density at radius 1 is 1.29 bits per heavy atom. The number of rotatable bonds is 2. The van der Waals surface area contributed by atoms with Gasteiger partial charge in [-0.1, -0.05) is 0 Å². The number of nitrogens with zero attached hydrogens (tertiary/aromatic N) is 4. The molecular weight excluding hydrogens is 214 g/mol. The van der Waals surface area contributed by atoms with E-state index in [1.165, 1.54) is 12.8 Å². The highest BCUT2D eigenvalue weighted by Crippen LogP contribution is 2.44. The van der Waals surface area contributed by atoms with Gasteiger partial charge in [0, 0.05) is 25.5 Å². The Bertz CT molecular complexity index is 565. The SMILES string of the molecule is NC1(C2CC2)CN(c2nccn3nccc23)C1. The second-order valence-electron chi connectivity index (χ2n) is 5.28. The standard InChI is InChI=1S/C12H15N5/c13-12(9-1-2-9)7-16(8-12)11-10-3-4-15-17(10)6-5-14-11/h3-6,9H,1-2,7-8,13H2. The molecule has 1 saturated carbocycles. The van der Waals surface area contributed by atoms with Crippen LogP contribution < -0.4 is 10.6 Å². The van der Waals surface area contributed by atoms with Crippen LogP contribution in [0.5, 0.6) is 0 Å². The molecule has 0 aromatic carbocycles. The van der Waals surface area contributed by atoms with Crippen molar-refractivity contribution >= 4 is 11.3 Å². The Balaban J connectivity index is 1.66. The predicted octanol–water partition coefficient (Wildman–Crippen LogP) is 0.657. The van der Waals surface area contributed by atoms with Gasteiger partial charge >= 0.3 is 0 Å². The third-order valence-corrected chi connectivity index (χ3v) is 3.96. The second kappa shape index (κ2) is 2.98. The van der Waals surface area contributed by atoms with Gasteiger partial charge in [-0.05, 0) is 24.8 Å². The van der Waals surface area contributed by atoms with E-state index in [1.54, 1.807) is 12.4 Å². The van der Waals surface area contributed by atoms with Gasteiger partial charge in [0.05, 0.1) is 11.7 Å². The summed E-state index contributed by atoms with van der Waals surface area (Å²) in [5.74, 6) is 1.75. The Labute approximate surface area is 99.2 Å². The van der Waals surface area contributed by atoms with Crippen molar-refractivity contribution in [2.75, 3.05) is 18.0 Å². The van der Waals surface area contributed by atoms with Crippen LogP contribution in [0.1, 0.15) is 12.8 Å². The van der Waals surface area contributed by atoms with Crippen LogP contribution >= 0.6 is 0 Å². The third kappa shape index (κ3) is 1.29. The first kappa shape index (κ1) is 9.41. The Kier molecular flexibility index (Phi) is 1.65. The van der Waals surface area contributed by atoms with Gasteiger partial charge in [0.25, 0.3) is 0 Å². The van der Waals surface area contributed by atoms with Crippen molar-refractivity contribution in [1.29, 1.82) is 0 Å². The zero-order valence-corrected chi connectivity index (χ0v) is 9.58. The third-order valence-electron chi connectivity index (χ3n) is 3.96. The van der Waals surface area contributed by atoms with Crippen LogP contribution in [0, 0.1) is 5.92 Å². The molecule has 0 spiro atoms. The first-order valence-electron chi connectivity index (χ1n) is 6.08. The number of aromatic nitrogens is 3. The molecule has 3 heterocycles. The van der Waals surface area contributed by atoms with Gasteiger partial charge in [0.1, 0.15) is 5.52 Å². The average molecular weight is 229 g/mol. The van der Waals surface area contributed by atoms with Crippen LogP contribution in [0.25, 0.3) is 5.52 Å². The van der Waals surface area contributed by atoms with E-state index in [2.05, 4.69) is 15.0 Å². The van der Waals surface area contributed by atoms with Gasteiger partial charge in [-0.25, -0.2) is 9.50 Å². The van der Waals surface area contributed by atoms with Crippen molar-refractivity contribution in [2.24, 2.45) is 11.7 Å². The lowest BCUT2D eigenvalue weighted by Gasteiger charge is -2.49. The lowest BCUT2D eigenvalue weighted by atomic mass is 9.86. The Morgan fingerprint density at radius 2 is 2.12 bits per heavy atom. The minimum atomic E-state index is 0.0362. The maximum atomic E-state index is 6.36. The van der Waals surface area contributed by atoms with E-state index < -0.39 is 0 Å². The van der Waals surface area contributed by atoms with E-state index in [4.69, 9.17) is 5.73 Å². The summed E-state index contributed by atoms with van der Waals surface area (Å²) in [7, 11) is 0. The summed E-state index contributed by atoms with van der Waals surface area (Å²) in [5, 5.41) is 4.22. The lowest BCUT2D eigenvalue weighted by molar-refractivity contribution is 0.289. The first-order chi connectivity index (χ1) is 8.26. The van der Waals surface area contributed by atoms with E-state index in [-0.39, 0.29) is 5.54 Å². The van der Waals surface area contributed by atoms with E-state index in [0.29, 0.717) is 0 Å². The van der Waals surface area contributed by atoms with Crippen molar-refractivity contribution in [1.82, 2.24) is 14.6 Å². The van der Waals surface area contributed by atoms with E-state index in [9.17, 15) is 0 Å². The predicted molar refractivity (Wildman–Crippen MR) is 64.8 cm³/mol. The smallest absolute Gasteiger partial charge is 0.154 e. The molecule has 17 heavy (non-hydrogen) atoms. The molecule has 1 aliphatic heterocycles. The molecule has 0 unspecified atom stereocenters. The Hall–Kier alpha value is -1.62. The topological polar surface area (TPSA) is 59.5 Å². The molecule has 0 atom stereocenters. The fraction of sp³-hybridized carbons (Fsp3) is 0.500. The van der Waals surface area contributed by atoms with Crippen molar-refractivity contribution in [3.8, 4) is 0 Å². The number of anilines is 1. The molecule has 2 aromatic heterocycles. The maximum absolute atomic E-state index is 6.36. The molecule has 0 amide bonds. The molecular formula is C12H15N5. The van der Waals surface area contributed by atoms with Gasteiger partial charge in [0.15, 0.2) is 5.82 Å². The molecule has 5 heteroatoms. The largest absolute Gasteiger partial charge is 0.351 e. The zero-order chi connectivity index (χ0) is 11.5. The molecule has 88 valence electrons. The molecule has 2 aliphatic rings. The number of fused-ring (bicyclic) bond motifs is 1. The van der Waals surface area contributed by atoms with Crippen LogP contribution in [-0.2, 0) is 0 Å². The highest BCUT2D eigenvalue weighted by Gasteiger charge is 2.50. The van der Waals surface area contributed by atoms with Crippen LogP contribution in [0.2, 0.25) is 0 Å². The second-order valence-corrected chi connectivity index (χ2v) is 5.28. The van der Waals surface area contributed by atoms with E-state index in [0.717, 1.165) is 30.3 Å². The van der Waals surface area contributed by atoms with Gasteiger partial charge in [-0.3, -0.25) is 0 Å². The molecule has 0 bridgehead atoms. The highest BCUT2D eigenvalue weighted by atomic mass is 15.3. The van der Waals surface area contributed by atoms with E-state index in [1.807, 2.05) is 16.8 Å². The van der Waals surface area contributed by atoms with Gasteiger partial charge in [-0.15, -0.1) is 0 Å². The summed E-state index contributed by atoms with van der Waals surface area (Å²) in [5.41, 5.74) is 7.46. The lowest BCUT2D eigenvalue weighted by Crippen LogP contribution is -2.69. The summed E-state index contributed by atoms with van der Waals surface area (Å²) < 4.78 is 1.86. The number of nitrogens with two attached hydrogens (primary N) is 1. The quantitative estimate of drug-likeness (QED) is 0.821. The minimum Gasteiger partial charge on any atom is -0.351 e. The molecule has 1 aliphatic carbocycles. The molecule has 2 aromatic rings. The zero-order valence-electron chi connectivity index (χ0n) is 9.58. The van der Waals surface area contributed by atoms with E-state index >= 15 is 0 Å². The molecule has 2 fully saturated rings. The average Bonchev–Trinajstić information content (AvgIpc) is 3.03. The molecule has 5 nitrogen and oxygen atoms in total. The first-order valence-corrected chi connectivity index (χ1v) is 6.08.